The predicted octanol–water partition coefficient (Wildman–Crippen LogP) is 5.72. The molecule has 8 nitrogen and oxygen atoms in total. The Bertz CT molecular complexity index is 1550. The lowest BCUT2D eigenvalue weighted by atomic mass is 10.1. The van der Waals surface area contributed by atoms with E-state index >= 15 is 0 Å². The maximum Gasteiger partial charge on any atom is 0.282 e. The average molecular weight is 581 g/mol. The SMILES string of the molecule is CC[C@@H](C)c1nc2ccc(Br)cc2c(=O)n1N=Cc1cccc(OC)c1OCC(=O)Nc1ccc(F)cc1. The van der Waals surface area contributed by atoms with Gasteiger partial charge >= 0.3 is 0 Å². The molecule has 0 aliphatic carbocycles. The summed E-state index contributed by atoms with van der Waals surface area (Å²) in [4.78, 5) is 30.6. The van der Waals surface area contributed by atoms with Crippen LogP contribution in [0.3, 0.4) is 0 Å². The molecular weight excluding hydrogens is 555 g/mol. The van der Waals surface area contributed by atoms with Gasteiger partial charge in [0.2, 0.25) is 0 Å². The fraction of sp³-hybridized carbons (Fsp3) is 0.214. The van der Waals surface area contributed by atoms with Crippen LogP contribution in [0.25, 0.3) is 10.9 Å². The van der Waals surface area contributed by atoms with Gasteiger partial charge in [-0.05, 0) is 61.0 Å². The van der Waals surface area contributed by atoms with E-state index in [-0.39, 0.29) is 23.8 Å². The van der Waals surface area contributed by atoms with Gasteiger partial charge in [0.25, 0.3) is 11.5 Å². The van der Waals surface area contributed by atoms with E-state index in [1.165, 1.54) is 42.3 Å². The van der Waals surface area contributed by atoms with Gasteiger partial charge in [-0.3, -0.25) is 9.59 Å². The number of aromatic nitrogens is 2. The fourth-order valence-corrected chi connectivity index (χ4v) is 4.08. The number of methoxy groups -OCH3 is 1. The van der Waals surface area contributed by atoms with Crippen molar-refractivity contribution in [2.24, 2.45) is 5.10 Å². The number of fused-ring (bicyclic) bond motifs is 1. The van der Waals surface area contributed by atoms with Crippen molar-refractivity contribution in [1.29, 1.82) is 0 Å². The summed E-state index contributed by atoms with van der Waals surface area (Å²) in [5, 5.41) is 7.57. The third kappa shape index (κ3) is 6.08. The van der Waals surface area contributed by atoms with Crippen LogP contribution < -0.4 is 20.3 Å². The third-order valence-electron chi connectivity index (χ3n) is 5.90. The zero-order chi connectivity index (χ0) is 27.2. The van der Waals surface area contributed by atoms with Gasteiger partial charge in [0, 0.05) is 21.6 Å². The average Bonchev–Trinajstić information content (AvgIpc) is 2.92. The lowest BCUT2D eigenvalue weighted by molar-refractivity contribution is -0.118. The lowest BCUT2D eigenvalue weighted by Gasteiger charge is -2.15. The second kappa shape index (κ2) is 12.0. The molecular formula is C28H26BrFN4O4. The molecule has 4 rings (SSSR count). The molecule has 1 amide bonds. The summed E-state index contributed by atoms with van der Waals surface area (Å²) in [6, 6.07) is 15.9. The van der Waals surface area contributed by atoms with Crippen LogP contribution >= 0.6 is 15.9 Å². The Balaban J connectivity index is 1.66. The molecule has 0 unspecified atom stereocenters. The van der Waals surface area contributed by atoms with Crippen molar-refractivity contribution in [3.8, 4) is 11.5 Å². The number of carbonyl (C=O) groups excluding carboxylic acids is 1. The van der Waals surface area contributed by atoms with Crippen LogP contribution in [-0.2, 0) is 4.79 Å². The summed E-state index contributed by atoms with van der Waals surface area (Å²) in [7, 11) is 1.48. The maximum atomic E-state index is 13.4. The number of amides is 1. The number of anilines is 1. The molecule has 196 valence electrons. The van der Waals surface area contributed by atoms with Gasteiger partial charge in [0.15, 0.2) is 18.1 Å². The zero-order valence-corrected chi connectivity index (χ0v) is 22.7. The van der Waals surface area contributed by atoms with E-state index in [0.29, 0.717) is 33.7 Å². The molecule has 0 aliphatic heterocycles. The van der Waals surface area contributed by atoms with Crippen molar-refractivity contribution in [2.75, 3.05) is 19.0 Å². The van der Waals surface area contributed by atoms with Gasteiger partial charge < -0.3 is 14.8 Å². The highest BCUT2D eigenvalue weighted by Gasteiger charge is 2.17. The maximum absolute atomic E-state index is 13.4. The summed E-state index contributed by atoms with van der Waals surface area (Å²) in [6.07, 6.45) is 2.25. The van der Waals surface area contributed by atoms with E-state index in [4.69, 9.17) is 14.5 Å². The molecule has 1 aromatic heterocycles. The first-order valence-corrected chi connectivity index (χ1v) is 12.7. The molecule has 1 heterocycles. The van der Waals surface area contributed by atoms with E-state index in [2.05, 4.69) is 26.3 Å². The molecule has 38 heavy (non-hydrogen) atoms. The molecule has 1 atom stereocenters. The van der Waals surface area contributed by atoms with E-state index in [1.807, 2.05) is 19.9 Å². The van der Waals surface area contributed by atoms with E-state index in [0.717, 1.165) is 10.9 Å². The van der Waals surface area contributed by atoms with Gasteiger partial charge in [-0.2, -0.15) is 9.78 Å². The number of hydrogen-bond acceptors (Lipinski definition) is 6. The predicted molar refractivity (Wildman–Crippen MR) is 149 cm³/mol. The van der Waals surface area contributed by atoms with Crippen LogP contribution in [0, 0.1) is 5.82 Å². The molecule has 10 heteroatoms. The summed E-state index contributed by atoms with van der Waals surface area (Å²) >= 11 is 3.41. The minimum Gasteiger partial charge on any atom is -0.493 e. The Morgan fingerprint density at radius 2 is 1.97 bits per heavy atom. The van der Waals surface area contributed by atoms with Crippen LogP contribution in [0.1, 0.15) is 37.6 Å². The number of ether oxygens (including phenoxy) is 2. The van der Waals surface area contributed by atoms with Crippen molar-refractivity contribution < 1.29 is 18.7 Å². The molecule has 0 saturated carbocycles. The molecule has 0 radical (unpaired) electrons. The summed E-state index contributed by atoms with van der Waals surface area (Å²) in [6.45, 7) is 3.67. The largest absolute Gasteiger partial charge is 0.493 e. The molecule has 0 saturated heterocycles. The smallest absolute Gasteiger partial charge is 0.282 e. The number of carbonyl (C=O) groups is 1. The van der Waals surface area contributed by atoms with Gasteiger partial charge in [-0.1, -0.05) is 35.8 Å². The van der Waals surface area contributed by atoms with Crippen LogP contribution in [0.4, 0.5) is 10.1 Å². The summed E-state index contributed by atoms with van der Waals surface area (Å²) in [5.41, 5.74) is 1.23. The van der Waals surface area contributed by atoms with Gasteiger partial charge in [-0.25, -0.2) is 9.37 Å². The van der Waals surface area contributed by atoms with Crippen molar-refractivity contribution in [2.45, 2.75) is 26.2 Å². The quantitative estimate of drug-likeness (QED) is 0.255. The molecule has 0 spiro atoms. The van der Waals surface area contributed by atoms with Gasteiger partial charge in [0.05, 0.1) is 24.2 Å². The summed E-state index contributed by atoms with van der Waals surface area (Å²) < 4.78 is 26.4. The number of halogens is 2. The van der Waals surface area contributed by atoms with Crippen molar-refractivity contribution in [3.63, 3.8) is 0 Å². The van der Waals surface area contributed by atoms with Gasteiger partial charge in [-0.15, -0.1) is 0 Å². The van der Waals surface area contributed by atoms with Crippen LogP contribution in [0.5, 0.6) is 11.5 Å². The molecule has 1 N–H and O–H groups in total. The molecule has 3 aromatic carbocycles. The first kappa shape index (κ1) is 27.0. The topological polar surface area (TPSA) is 94.8 Å². The number of para-hydroxylation sites is 1. The van der Waals surface area contributed by atoms with Crippen molar-refractivity contribution in [3.05, 3.63) is 92.7 Å². The Morgan fingerprint density at radius 3 is 2.68 bits per heavy atom. The number of benzene rings is 3. The standard InChI is InChI=1S/C28H26BrFN4O4/c1-4-17(2)27-33-23-13-8-19(29)14-22(23)28(36)34(27)31-15-18-6-5-7-24(37-3)26(18)38-16-25(35)32-21-11-9-20(30)10-12-21/h5-15,17H,4,16H2,1-3H3,(H,32,35)/t17-/m1/s1. The van der Waals surface area contributed by atoms with Crippen LogP contribution in [-0.4, -0.2) is 35.5 Å². The fourth-order valence-electron chi connectivity index (χ4n) is 3.72. The normalized spacial score (nSPS) is 12.0. The molecule has 0 bridgehead atoms. The third-order valence-corrected chi connectivity index (χ3v) is 6.40. The summed E-state index contributed by atoms with van der Waals surface area (Å²) in [5.74, 6) is 0.338. The number of rotatable bonds is 9. The lowest BCUT2D eigenvalue weighted by Crippen LogP contribution is -2.24. The number of hydrogen-bond donors (Lipinski definition) is 1. The Kier molecular flexibility index (Phi) is 8.52. The first-order valence-electron chi connectivity index (χ1n) is 11.9. The highest BCUT2D eigenvalue weighted by Crippen LogP contribution is 2.30. The highest BCUT2D eigenvalue weighted by atomic mass is 79.9. The van der Waals surface area contributed by atoms with Crippen LogP contribution in [0.15, 0.2) is 75.0 Å². The van der Waals surface area contributed by atoms with E-state index < -0.39 is 11.7 Å². The van der Waals surface area contributed by atoms with Crippen molar-refractivity contribution >= 4 is 44.6 Å². The van der Waals surface area contributed by atoms with Crippen LogP contribution in [0.2, 0.25) is 0 Å². The monoisotopic (exact) mass is 580 g/mol. The number of nitrogens with one attached hydrogen (secondary N) is 1. The van der Waals surface area contributed by atoms with Gasteiger partial charge in [0.1, 0.15) is 11.6 Å². The molecule has 0 fully saturated rings. The first-order chi connectivity index (χ1) is 18.3. The Morgan fingerprint density at radius 1 is 1.21 bits per heavy atom. The molecule has 4 aromatic rings. The van der Waals surface area contributed by atoms with E-state index in [1.54, 1.807) is 30.3 Å². The molecule has 0 aliphatic rings. The minimum absolute atomic E-state index is 0.0240. The number of nitrogens with zero attached hydrogens (tertiary/aromatic N) is 3. The Labute approximate surface area is 227 Å². The minimum atomic E-state index is -0.440. The Hall–Kier alpha value is -4.05. The van der Waals surface area contributed by atoms with Crippen molar-refractivity contribution in [1.82, 2.24) is 9.66 Å². The second-order valence-corrected chi connectivity index (χ2v) is 9.44. The highest BCUT2D eigenvalue weighted by molar-refractivity contribution is 9.10. The zero-order valence-electron chi connectivity index (χ0n) is 21.1. The second-order valence-electron chi connectivity index (χ2n) is 8.52. The van der Waals surface area contributed by atoms with E-state index in [9.17, 15) is 14.0 Å².